The molecular formula is C18H20N4O4. The Morgan fingerprint density at radius 1 is 1.23 bits per heavy atom. The monoisotopic (exact) mass is 356 g/mol. The molecule has 1 aromatic carbocycles. The van der Waals surface area contributed by atoms with Crippen molar-refractivity contribution >= 4 is 11.6 Å². The van der Waals surface area contributed by atoms with Crippen LogP contribution in [0, 0.1) is 10.1 Å². The molecule has 1 saturated carbocycles. The number of hydrogen-bond acceptors (Lipinski definition) is 6. The lowest BCUT2D eigenvalue weighted by Gasteiger charge is -2.29. The minimum atomic E-state index is -0.461. The molecule has 2 aromatic rings. The summed E-state index contributed by atoms with van der Waals surface area (Å²) in [6, 6.07) is 6.38. The normalized spacial score (nSPS) is 19.5. The van der Waals surface area contributed by atoms with Crippen molar-refractivity contribution in [2.45, 2.75) is 44.2 Å². The molecule has 1 heterocycles. The molecule has 8 heteroatoms. The lowest BCUT2D eigenvalue weighted by molar-refractivity contribution is -0.385. The Kier molecular flexibility index (Phi) is 5.73. The van der Waals surface area contributed by atoms with Crippen molar-refractivity contribution in [3.63, 3.8) is 0 Å². The molecule has 1 amide bonds. The standard InChI is InChI=1S/C18H20N4O4/c23-17(11-13-3-1-2-4-16(13)22(24)25)21-14-5-7-15(8-6-14)26-18-12-19-9-10-20-18/h1-4,9-10,12,14-15H,5-8,11H2,(H,21,23). The van der Waals surface area contributed by atoms with Gasteiger partial charge < -0.3 is 10.1 Å². The zero-order valence-electron chi connectivity index (χ0n) is 14.2. The van der Waals surface area contributed by atoms with Gasteiger partial charge in [-0.15, -0.1) is 0 Å². The number of aromatic nitrogens is 2. The van der Waals surface area contributed by atoms with E-state index >= 15 is 0 Å². The highest BCUT2D eigenvalue weighted by Crippen LogP contribution is 2.23. The fraction of sp³-hybridized carbons (Fsp3) is 0.389. The van der Waals surface area contributed by atoms with E-state index in [0.717, 1.165) is 25.7 Å². The number of para-hydroxylation sites is 1. The van der Waals surface area contributed by atoms with Gasteiger partial charge in [0.25, 0.3) is 5.69 Å². The molecule has 0 radical (unpaired) electrons. The van der Waals surface area contributed by atoms with Crippen LogP contribution in [0.25, 0.3) is 0 Å². The number of nitro benzene ring substituents is 1. The lowest BCUT2D eigenvalue weighted by Crippen LogP contribution is -2.40. The Labute approximate surface area is 150 Å². The smallest absolute Gasteiger partial charge is 0.273 e. The molecule has 0 aliphatic heterocycles. The zero-order chi connectivity index (χ0) is 18.4. The summed E-state index contributed by atoms with van der Waals surface area (Å²) in [5, 5.41) is 14.0. The van der Waals surface area contributed by atoms with E-state index in [2.05, 4.69) is 15.3 Å². The van der Waals surface area contributed by atoms with Gasteiger partial charge >= 0.3 is 0 Å². The van der Waals surface area contributed by atoms with Crippen LogP contribution in [-0.2, 0) is 11.2 Å². The minimum absolute atomic E-state index is 0.00713. The maximum Gasteiger partial charge on any atom is 0.273 e. The molecule has 0 bridgehead atoms. The third kappa shape index (κ3) is 4.75. The van der Waals surface area contributed by atoms with Crippen molar-refractivity contribution in [1.82, 2.24) is 15.3 Å². The van der Waals surface area contributed by atoms with Crippen LogP contribution in [0.3, 0.4) is 0 Å². The number of benzene rings is 1. The van der Waals surface area contributed by atoms with Crippen LogP contribution in [0.4, 0.5) is 5.69 Å². The fourth-order valence-corrected chi connectivity index (χ4v) is 3.13. The summed E-state index contributed by atoms with van der Waals surface area (Å²) in [6.45, 7) is 0. The Bertz CT molecular complexity index is 761. The van der Waals surface area contributed by atoms with Crippen molar-refractivity contribution in [2.75, 3.05) is 0 Å². The van der Waals surface area contributed by atoms with Crippen LogP contribution in [-0.4, -0.2) is 32.9 Å². The van der Waals surface area contributed by atoms with E-state index in [4.69, 9.17) is 4.74 Å². The van der Waals surface area contributed by atoms with E-state index in [1.165, 1.54) is 6.07 Å². The number of nitro groups is 1. The fourth-order valence-electron chi connectivity index (χ4n) is 3.13. The van der Waals surface area contributed by atoms with E-state index in [1.807, 2.05) is 0 Å². The number of rotatable bonds is 6. The molecule has 1 aliphatic carbocycles. The number of ether oxygens (including phenoxy) is 1. The summed E-state index contributed by atoms with van der Waals surface area (Å²) < 4.78 is 5.79. The molecule has 1 aliphatic rings. The molecule has 26 heavy (non-hydrogen) atoms. The van der Waals surface area contributed by atoms with Crippen molar-refractivity contribution in [3.05, 3.63) is 58.5 Å². The number of nitrogens with one attached hydrogen (secondary N) is 1. The Morgan fingerprint density at radius 2 is 2.00 bits per heavy atom. The largest absolute Gasteiger partial charge is 0.473 e. The molecule has 0 unspecified atom stereocenters. The van der Waals surface area contributed by atoms with Gasteiger partial charge in [-0.1, -0.05) is 18.2 Å². The van der Waals surface area contributed by atoms with Crippen LogP contribution < -0.4 is 10.1 Å². The number of carbonyl (C=O) groups excluding carboxylic acids is 1. The van der Waals surface area contributed by atoms with Gasteiger partial charge in [0.2, 0.25) is 11.8 Å². The van der Waals surface area contributed by atoms with Crippen LogP contribution in [0.1, 0.15) is 31.2 Å². The van der Waals surface area contributed by atoms with Crippen LogP contribution in [0.5, 0.6) is 5.88 Å². The van der Waals surface area contributed by atoms with Gasteiger partial charge in [-0.25, -0.2) is 4.98 Å². The third-order valence-electron chi connectivity index (χ3n) is 4.41. The van der Waals surface area contributed by atoms with Crippen LogP contribution in [0.15, 0.2) is 42.9 Å². The van der Waals surface area contributed by atoms with E-state index in [1.54, 1.807) is 36.8 Å². The molecule has 0 atom stereocenters. The highest BCUT2D eigenvalue weighted by Gasteiger charge is 2.24. The van der Waals surface area contributed by atoms with E-state index in [9.17, 15) is 14.9 Å². The average Bonchev–Trinajstić information content (AvgIpc) is 2.64. The van der Waals surface area contributed by atoms with Crippen molar-refractivity contribution in [2.24, 2.45) is 0 Å². The first kappa shape index (κ1) is 17.8. The first-order valence-corrected chi connectivity index (χ1v) is 8.56. The van der Waals surface area contributed by atoms with Crippen LogP contribution >= 0.6 is 0 Å². The topological polar surface area (TPSA) is 107 Å². The molecule has 1 aromatic heterocycles. The first-order valence-electron chi connectivity index (χ1n) is 8.56. The second kappa shape index (κ2) is 8.37. The molecule has 3 rings (SSSR count). The summed E-state index contributed by atoms with van der Waals surface area (Å²) in [5.74, 6) is 0.314. The summed E-state index contributed by atoms with van der Waals surface area (Å²) >= 11 is 0. The Balaban J connectivity index is 1.47. The molecule has 8 nitrogen and oxygen atoms in total. The molecular weight excluding hydrogens is 336 g/mol. The minimum Gasteiger partial charge on any atom is -0.473 e. The van der Waals surface area contributed by atoms with Gasteiger partial charge in [0.05, 0.1) is 17.5 Å². The number of hydrogen-bond donors (Lipinski definition) is 1. The molecule has 1 fully saturated rings. The van der Waals surface area contributed by atoms with Crippen molar-refractivity contribution in [3.8, 4) is 5.88 Å². The second-order valence-electron chi connectivity index (χ2n) is 6.27. The highest BCUT2D eigenvalue weighted by atomic mass is 16.6. The van der Waals surface area contributed by atoms with Gasteiger partial charge in [-0.05, 0) is 25.7 Å². The second-order valence-corrected chi connectivity index (χ2v) is 6.27. The van der Waals surface area contributed by atoms with Gasteiger partial charge in [-0.2, -0.15) is 0 Å². The molecule has 0 saturated heterocycles. The predicted octanol–water partition coefficient (Wildman–Crippen LogP) is 2.43. The van der Waals surface area contributed by atoms with Gasteiger partial charge in [0.1, 0.15) is 6.10 Å². The number of nitrogens with zero attached hydrogens (tertiary/aromatic N) is 3. The SMILES string of the molecule is O=C(Cc1ccccc1[N+](=O)[O-])NC1CCC(Oc2cnccn2)CC1. The van der Waals surface area contributed by atoms with Crippen molar-refractivity contribution < 1.29 is 14.5 Å². The average molecular weight is 356 g/mol. The van der Waals surface area contributed by atoms with Crippen LogP contribution in [0.2, 0.25) is 0 Å². The maximum absolute atomic E-state index is 12.2. The van der Waals surface area contributed by atoms with E-state index in [0.29, 0.717) is 11.4 Å². The summed E-state index contributed by atoms with van der Waals surface area (Å²) in [5.41, 5.74) is 0.401. The molecule has 1 N–H and O–H groups in total. The summed E-state index contributed by atoms with van der Waals surface area (Å²) in [6.07, 6.45) is 8.06. The number of amides is 1. The summed E-state index contributed by atoms with van der Waals surface area (Å²) in [7, 11) is 0. The Hall–Kier alpha value is -3.03. The van der Waals surface area contributed by atoms with Gasteiger partial charge in [0, 0.05) is 30.1 Å². The van der Waals surface area contributed by atoms with Crippen molar-refractivity contribution in [1.29, 1.82) is 0 Å². The quantitative estimate of drug-likeness (QED) is 0.629. The Morgan fingerprint density at radius 3 is 2.69 bits per heavy atom. The predicted molar refractivity (Wildman–Crippen MR) is 93.6 cm³/mol. The third-order valence-corrected chi connectivity index (χ3v) is 4.41. The van der Waals surface area contributed by atoms with E-state index < -0.39 is 4.92 Å². The van der Waals surface area contributed by atoms with Gasteiger partial charge in [-0.3, -0.25) is 19.9 Å². The lowest BCUT2D eigenvalue weighted by atomic mass is 9.92. The number of carbonyl (C=O) groups is 1. The summed E-state index contributed by atoms with van der Waals surface area (Å²) in [4.78, 5) is 30.9. The van der Waals surface area contributed by atoms with E-state index in [-0.39, 0.29) is 30.2 Å². The van der Waals surface area contributed by atoms with Gasteiger partial charge in [0.15, 0.2) is 0 Å². The zero-order valence-corrected chi connectivity index (χ0v) is 14.2. The highest BCUT2D eigenvalue weighted by molar-refractivity contribution is 5.80. The molecule has 136 valence electrons. The maximum atomic E-state index is 12.2. The first-order chi connectivity index (χ1) is 12.6. The molecule has 0 spiro atoms.